The van der Waals surface area contributed by atoms with E-state index in [9.17, 15) is 13.6 Å². The molecule has 0 spiro atoms. The molecule has 0 aromatic carbocycles. The Morgan fingerprint density at radius 3 is 2.85 bits per heavy atom. The summed E-state index contributed by atoms with van der Waals surface area (Å²) in [6, 6.07) is -0.852. The number of carbonyl (C=O) groups is 1. The second kappa shape index (κ2) is 6.51. The topological polar surface area (TPSA) is 108 Å². The number of nitrogens with zero attached hydrogens (tertiary/aromatic N) is 4. The molecule has 3 rings (SSSR count). The van der Waals surface area contributed by atoms with E-state index in [1.54, 1.807) is 20.8 Å². The first-order valence-electron chi connectivity index (χ1n) is 7.96. The predicted molar refractivity (Wildman–Crippen MR) is 98.5 cm³/mol. The monoisotopic (exact) mass is 480 g/mol. The van der Waals surface area contributed by atoms with Crippen LogP contribution in [-0.2, 0) is 16.1 Å². The van der Waals surface area contributed by atoms with Crippen LogP contribution in [0.1, 0.15) is 20.8 Å². The number of nitrogen functional groups attached to an aromatic ring is 1. The minimum atomic E-state index is -3.21. The average Bonchev–Trinajstić information content (AvgIpc) is 2.96. The fourth-order valence-electron chi connectivity index (χ4n) is 2.96. The van der Waals surface area contributed by atoms with Gasteiger partial charge in [-0.3, -0.25) is 4.79 Å². The number of nitrogens with two attached hydrogens (primary N) is 1. The molecule has 1 unspecified atom stereocenters. The molecule has 142 valence electrons. The lowest BCUT2D eigenvalue weighted by Crippen LogP contribution is -2.43. The molecule has 0 radical (unpaired) electrons. The van der Waals surface area contributed by atoms with Crippen molar-refractivity contribution in [1.82, 2.24) is 25.1 Å². The third-order valence-electron chi connectivity index (χ3n) is 4.00. The summed E-state index contributed by atoms with van der Waals surface area (Å²) in [6.07, 6.45) is 1.29. The van der Waals surface area contributed by atoms with Crippen LogP contribution in [0.4, 0.5) is 14.6 Å². The maximum absolute atomic E-state index is 14.3. The summed E-state index contributed by atoms with van der Waals surface area (Å²) < 4.78 is 35.9. The molecule has 0 aliphatic carbocycles. The van der Waals surface area contributed by atoms with Crippen molar-refractivity contribution in [2.45, 2.75) is 44.9 Å². The number of hydrogen-bond donors (Lipinski definition) is 2. The molecule has 2 aromatic heterocycles. The molecule has 2 aromatic rings. The number of halogens is 3. The molecular weight excluding hydrogens is 461 g/mol. The van der Waals surface area contributed by atoms with Crippen molar-refractivity contribution in [2.75, 3.05) is 12.3 Å². The smallest absolute Gasteiger partial charge is 0.317 e. The van der Waals surface area contributed by atoms with Gasteiger partial charge in [0.15, 0.2) is 5.65 Å². The summed E-state index contributed by atoms with van der Waals surface area (Å²) in [4.78, 5) is 20.4. The second-order valence-electron chi connectivity index (χ2n) is 7.19. The standard InChI is InChI=1S/C15H19F2IN6O2/c1-14(2,3)26-13(25)9-7(20-5-15(9,16)17)4-24-12-8(10(18)23-24)11(19)21-6-22-12/h6-7,9,20H,4-5H2,1-3H3,(H2,19,21,22)/t7-,9?/m1/s1. The van der Waals surface area contributed by atoms with Crippen LogP contribution in [0.2, 0.25) is 0 Å². The van der Waals surface area contributed by atoms with Gasteiger partial charge in [0.2, 0.25) is 0 Å². The van der Waals surface area contributed by atoms with Crippen molar-refractivity contribution < 1.29 is 18.3 Å². The van der Waals surface area contributed by atoms with E-state index in [1.807, 2.05) is 22.6 Å². The van der Waals surface area contributed by atoms with E-state index >= 15 is 0 Å². The van der Waals surface area contributed by atoms with Crippen molar-refractivity contribution in [1.29, 1.82) is 0 Å². The molecule has 1 saturated heterocycles. The van der Waals surface area contributed by atoms with Gasteiger partial charge in [0, 0.05) is 6.04 Å². The average molecular weight is 480 g/mol. The highest BCUT2D eigenvalue weighted by molar-refractivity contribution is 14.1. The van der Waals surface area contributed by atoms with E-state index in [4.69, 9.17) is 10.5 Å². The minimum absolute atomic E-state index is 0.0233. The first-order chi connectivity index (χ1) is 12.0. The van der Waals surface area contributed by atoms with Crippen molar-refractivity contribution >= 4 is 45.4 Å². The summed E-state index contributed by atoms with van der Waals surface area (Å²) in [5.74, 6) is -5.49. The number of nitrogens with one attached hydrogen (secondary N) is 1. The summed E-state index contributed by atoms with van der Waals surface area (Å²) >= 11 is 1.98. The van der Waals surface area contributed by atoms with E-state index in [2.05, 4.69) is 20.4 Å². The molecular formula is C15H19F2IN6O2. The van der Waals surface area contributed by atoms with Gasteiger partial charge in [-0.25, -0.2) is 23.4 Å². The number of hydrogen-bond acceptors (Lipinski definition) is 7. The molecule has 1 aliphatic rings. The lowest BCUT2D eigenvalue weighted by molar-refractivity contribution is -0.171. The quantitative estimate of drug-likeness (QED) is 0.508. The third kappa shape index (κ3) is 3.59. The number of fused-ring (bicyclic) bond motifs is 1. The predicted octanol–water partition coefficient (Wildman–Crippen LogP) is 1.58. The highest BCUT2D eigenvalue weighted by Gasteiger charge is 2.55. The fourth-order valence-corrected chi connectivity index (χ4v) is 3.74. The lowest BCUT2D eigenvalue weighted by atomic mass is 9.97. The summed E-state index contributed by atoms with van der Waals surface area (Å²) in [7, 11) is 0. The van der Waals surface area contributed by atoms with Crippen LogP contribution in [0.25, 0.3) is 11.0 Å². The maximum atomic E-state index is 14.3. The Kier molecular flexibility index (Phi) is 4.80. The first-order valence-corrected chi connectivity index (χ1v) is 9.04. The fraction of sp³-hybridized carbons (Fsp3) is 0.600. The Morgan fingerprint density at radius 2 is 2.19 bits per heavy atom. The summed E-state index contributed by atoms with van der Waals surface area (Å²) in [5, 5.41) is 7.59. The summed E-state index contributed by atoms with van der Waals surface area (Å²) in [5.41, 5.74) is 5.43. The number of anilines is 1. The molecule has 8 nitrogen and oxygen atoms in total. The van der Waals surface area contributed by atoms with Crippen LogP contribution in [0.5, 0.6) is 0 Å². The Hall–Kier alpha value is -1.63. The highest BCUT2D eigenvalue weighted by Crippen LogP contribution is 2.35. The van der Waals surface area contributed by atoms with Gasteiger partial charge in [0.25, 0.3) is 5.92 Å². The molecule has 0 amide bonds. The minimum Gasteiger partial charge on any atom is -0.460 e. The van der Waals surface area contributed by atoms with Crippen molar-refractivity contribution in [3.63, 3.8) is 0 Å². The van der Waals surface area contributed by atoms with Gasteiger partial charge in [-0.15, -0.1) is 0 Å². The normalized spacial score (nSPS) is 22.7. The van der Waals surface area contributed by atoms with E-state index in [1.165, 1.54) is 11.0 Å². The van der Waals surface area contributed by atoms with Gasteiger partial charge in [0.05, 0.1) is 18.5 Å². The molecule has 3 N–H and O–H groups in total. The Bertz CT molecular complexity index is 851. The molecule has 0 saturated carbocycles. The number of ether oxygens (including phenoxy) is 1. The van der Waals surface area contributed by atoms with Crippen LogP contribution >= 0.6 is 22.6 Å². The maximum Gasteiger partial charge on any atom is 0.317 e. The number of esters is 1. The molecule has 3 heterocycles. The molecule has 1 aliphatic heterocycles. The van der Waals surface area contributed by atoms with Gasteiger partial charge < -0.3 is 15.8 Å². The van der Waals surface area contributed by atoms with Crippen LogP contribution in [0, 0.1) is 9.62 Å². The summed E-state index contributed by atoms with van der Waals surface area (Å²) in [6.45, 7) is 4.35. The number of carbonyl (C=O) groups excluding carboxylic acids is 1. The Balaban J connectivity index is 1.91. The SMILES string of the molecule is CC(C)(C)OC(=O)C1[C@@H](Cn2nc(I)c3c(N)ncnc32)NCC1(F)F. The van der Waals surface area contributed by atoms with E-state index in [0.29, 0.717) is 14.7 Å². The second-order valence-corrected chi connectivity index (χ2v) is 8.21. The van der Waals surface area contributed by atoms with Gasteiger partial charge in [-0.2, -0.15) is 5.10 Å². The van der Waals surface area contributed by atoms with Crippen LogP contribution < -0.4 is 11.1 Å². The number of rotatable bonds is 3. The van der Waals surface area contributed by atoms with E-state index in [0.717, 1.165) is 0 Å². The van der Waals surface area contributed by atoms with Gasteiger partial charge in [0.1, 0.15) is 27.4 Å². The lowest BCUT2D eigenvalue weighted by Gasteiger charge is -2.27. The largest absolute Gasteiger partial charge is 0.460 e. The van der Waals surface area contributed by atoms with Crippen LogP contribution in [0.15, 0.2) is 6.33 Å². The van der Waals surface area contributed by atoms with Gasteiger partial charge in [-0.05, 0) is 43.4 Å². The molecule has 2 atom stereocenters. The van der Waals surface area contributed by atoms with E-state index in [-0.39, 0.29) is 12.4 Å². The van der Waals surface area contributed by atoms with Crippen LogP contribution in [0.3, 0.4) is 0 Å². The van der Waals surface area contributed by atoms with Gasteiger partial charge in [-0.1, -0.05) is 0 Å². The van der Waals surface area contributed by atoms with Gasteiger partial charge >= 0.3 is 5.97 Å². The van der Waals surface area contributed by atoms with Crippen molar-refractivity contribution in [3.05, 3.63) is 10.0 Å². The molecule has 1 fully saturated rings. The Morgan fingerprint density at radius 1 is 1.50 bits per heavy atom. The zero-order chi connectivity index (χ0) is 19.3. The van der Waals surface area contributed by atoms with Crippen LogP contribution in [-0.4, -0.2) is 49.8 Å². The molecule has 0 bridgehead atoms. The zero-order valence-electron chi connectivity index (χ0n) is 14.5. The van der Waals surface area contributed by atoms with Crippen molar-refractivity contribution in [2.24, 2.45) is 5.92 Å². The van der Waals surface area contributed by atoms with Crippen molar-refractivity contribution in [3.8, 4) is 0 Å². The third-order valence-corrected chi connectivity index (χ3v) is 4.76. The molecule has 26 heavy (non-hydrogen) atoms. The number of aromatic nitrogens is 4. The highest BCUT2D eigenvalue weighted by atomic mass is 127. The molecule has 11 heteroatoms. The first kappa shape index (κ1) is 19.1. The Labute approximate surface area is 162 Å². The van der Waals surface area contributed by atoms with E-state index < -0.39 is 36.0 Å². The number of alkyl halides is 2. The zero-order valence-corrected chi connectivity index (χ0v) is 16.6.